The van der Waals surface area contributed by atoms with Gasteiger partial charge in [-0.2, -0.15) is 0 Å². The summed E-state index contributed by atoms with van der Waals surface area (Å²) < 4.78 is 18.5. The van der Waals surface area contributed by atoms with E-state index in [4.69, 9.17) is 14.2 Å². The van der Waals surface area contributed by atoms with Crippen molar-refractivity contribution in [1.82, 2.24) is 4.57 Å². The molecular weight excluding hydrogens is 416 g/mol. The minimum atomic E-state index is -0.103. The van der Waals surface area contributed by atoms with Gasteiger partial charge in [0.1, 0.15) is 18.5 Å². The van der Waals surface area contributed by atoms with Gasteiger partial charge in [0.05, 0.1) is 32.9 Å². The van der Waals surface area contributed by atoms with Gasteiger partial charge < -0.3 is 24.1 Å². The van der Waals surface area contributed by atoms with Crippen LogP contribution in [0.25, 0.3) is 0 Å². The van der Waals surface area contributed by atoms with Crippen LogP contribution in [0.2, 0.25) is 0 Å². The first-order valence-corrected chi connectivity index (χ1v) is 11.1. The minimum Gasteiger partial charge on any atom is -0.491 e. The molecule has 0 bridgehead atoms. The van der Waals surface area contributed by atoms with Gasteiger partial charge in [-0.05, 0) is 42.8 Å². The summed E-state index contributed by atoms with van der Waals surface area (Å²) in [6.07, 6.45) is -0.103. The number of hydrogen-bond acceptors (Lipinski definition) is 5. The van der Waals surface area contributed by atoms with Crippen LogP contribution < -0.4 is 15.6 Å². The maximum Gasteiger partial charge on any atom is 0.254 e. The highest BCUT2D eigenvalue weighted by atomic mass is 16.6. The van der Waals surface area contributed by atoms with E-state index in [9.17, 15) is 4.79 Å². The van der Waals surface area contributed by atoms with Crippen LogP contribution in [0.15, 0.2) is 71.5 Å². The molecule has 1 aliphatic heterocycles. The highest BCUT2D eigenvalue weighted by Gasteiger charge is 2.15. The average molecular weight is 445 g/mol. The first-order chi connectivity index (χ1) is 16.2. The van der Waals surface area contributed by atoms with E-state index in [2.05, 4.69) is 17.2 Å². The number of rotatable bonds is 7. The average Bonchev–Trinajstić information content (AvgIpc) is 2.84. The second-order valence-corrected chi connectivity index (χ2v) is 7.86. The van der Waals surface area contributed by atoms with Crippen molar-refractivity contribution in [2.75, 3.05) is 38.3 Å². The van der Waals surface area contributed by atoms with E-state index in [0.717, 1.165) is 22.5 Å². The number of hydrogen-bond donors (Lipinski definition) is 1. The van der Waals surface area contributed by atoms with Crippen molar-refractivity contribution in [1.29, 1.82) is 0 Å². The quantitative estimate of drug-likeness (QED) is 0.566. The van der Waals surface area contributed by atoms with Crippen LogP contribution in [0.3, 0.4) is 0 Å². The van der Waals surface area contributed by atoms with Crippen molar-refractivity contribution in [3.05, 3.63) is 93.9 Å². The Morgan fingerprint density at radius 3 is 2.76 bits per heavy atom. The van der Waals surface area contributed by atoms with Crippen LogP contribution in [0.5, 0.6) is 5.75 Å². The number of nitrogens with zero attached hydrogens (tertiary/aromatic N) is 1. The molecule has 1 N–H and O–H groups in total. The van der Waals surface area contributed by atoms with E-state index in [1.54, 1.807) is 4.57 Å². The fourth-order valence-corrected chi connectivity index (χ4v) is 3.59. The standard InChI is InChI=1S/C27H28N2O4/c1-21-15-25(33-20-26-19-31-13-14-32-26)17-27(30)29(21)18-23-8-5-7-22(16-23)9-6-12-28-24-10-3-2-4-11-24/h2-5,7-8,10-11,15-17,26,28H,12-14,18-20H2,1H3. The fourth-order valence-electron chi connectivity index (χ4n) is 3.59. The Balaban J connectivity index is 1.37. The minimum absolute atomic E-state index is 0.102. The van der Waals surface area contributed by atoms with Gasteiger partial charge in [-0.1, -0.05) is 42.2 Å². The van der Waals surface area contributed by atoms with Gasteiger partial charge in [0.25, 0.3) is 5.56 Å². The fraction of sp³-hybridized carbons (Fsp3) is 0.296. The van der Waals surface area contributed by atoms with Gasteiger partial charge in [-0.15, -0.1) is 0 Å². The maximum atomic E-state index is 12.7. The van der Waals surface area contributed by atoms with Crippen LogP contribution in [-0.2, 0) is 16.0 Å². The summed E-state index contributed by atoms with van der Waals surface area (Å²) in [5.74, 6) is 6.88. The Morgan fingerprint density at radius 2 is 1.97 bits per heavy atom. The van der Waals surface area contributed by atoms with E-state index >= 15 is 0 Å². The molecule has 170 valence electrons. The number of benzene rings is 2. The molecule has 2 heterocycles. The highest BCUT2D eigenvalue weighted by Crippen LogP contribution is 2.14. The molecule has 6 nitrogen and oxygen atoms in total. The second kappa shape index (κ2) is 11.4. The molecule has 33 heavy (non-hydrogen) atoms. The molecule has 1 unspecified atom stereocenters. The van der Waals surface area contributed by atoms with E-state index < -0.39 is 0 Å². The largest absolute Gasteiger partial charge is 0.491 e. The summed E-state index contributed by atoms with van der Waals surface area (Å²) in [6.45, 7) is 5.01. The molecule has 4 rings (SSSR count). The lowest BCUT2D eigenvalue weighted by Crippen LogP contribution is -2.33. The van der Waals surface area contributed by atoms with Crippen LogP contribution in [0, 0.1) is 18.8 Å². The second-order valence-electron chi connectivity index (χ2n) is 7.86. The molecule has 0 radical (unpaired) electrons. The van der Waals surface area contributed by atoms with Gasteiger partial charge in [-0.25, -0.2) is 0 Å². The third kappa shape index (κ3) is 6.72. The lowest BCUT2D eigenvalue weighted by molar-refractivity contribution is -0.101. The van der Waals surface area contributed by atoms with Crippen molar-refractivity contribution in [2.24, 2.45) is 0 Å². The van der Waals surface area contributed by atoms with Gasteiger partial charge in [0, 0.05) is 23.0 Å². The summed E-state index contributed by atoms with van der Waals surface area (Å²) in [7, 11) is 0. The number of nitrogens with one attached hydrogen (secondary N) is 1. The van der Waals surface area contributed by atoms with Gasteiger partial charge in [0.2, 0.25) is 0 Å². The zero-order valence-corrected chi connectivity index (χ0v) is 18.8. The molecule has 3 aromatic rings. The van der Waals surface area contributed by atoms with Gasteiger partial charge in [-0.3, -0.25) is 4.79 Å². The predicted octanol–water partition coefficient (Wildman–Crippen LogP) is 3.46. The van der Waals surface area contributed by atoms with E-state index in [-0.39, 0.29) is 11.7 Å². The molecule has 1 atom stereocenters. The molecule has 2 aromatic carbocycles. The number of anilines is 1. The van der Waals surface area contributed by atoms with Crippen molar-refractivity contribution in [3.63, 3.8) is 0 Å². The molecule has 1 fully saturated rings. The van der Waals surface area contributed by atoms with Gasteiger partial charge >= 0.3 is 0 Å². The van der Waals surface area contributed by atoms with Crippen molar-refractivity contribution in [3.8, 4) is 17.6 Å². The SMILES string of the molecule is Cc1cc(OCC2COCCO2)cc(=O)n1Cc1cccc(C#CCNc2ccccc2)c1. The summed E-state index contributed by atoms with van der Waals surface area (Å²) in [5.41, 5.74) is 3.71. The smallest absolute Gasteiger partial charge is 0.254 e. The lowest BCUT2D eigenvalue weighted by Gasteiger charge is -2.23. The molecule has 1 aromatic heterocycles. The number of ether oxygens (including phenoxy) is 3. The molecule has 0 aliphatic carbocycles. The number of aryl methyl sites for hydroxylation is 1. The van der Waals surface area contributed by atoms with E-state index in [1.807, 2.05) is 67.6 Å². The topological polar surface area (TPSA) is 61.7 Å². The molecule has 0 spiro atoms. The molecule has 6 heteroatoms. The summed E-state index contributed by atoms with van der Waals surface area (Å²) in [4.78, 5) is 12.7. The Bertz CT molecular complexity index is 1170. The van der Waals surface area contributed by atoms with Crippen molar-refractivity contribution in [2.45, 2.75) is 19.6 Å². The molecule has 0 amide bonds. The zero-order valence-electron chi connectivity index (χ0n) is 18.8. The lowest BCUT2D eigenvalue weighted by atomic mass is 10.1. The normalized spacial score (nSPS) is 15.4. The first-order valence-electron chi connectivity index (χ1n) is 11.1. The summed E-state index contributed by atoms with van der Waals surface area (Å²) in [5, 5.41) is 3.27. The third-order valence-corrected chi connectivity index (χ3v) is 5.28. The van der Waals surface area contributed by atoms with Crippen molar-refractivity contribution >= 4 is 5.69 Å². The molecule has 1 aliphatic rings. The van der Waals surface area contributed by atoms with Crippen LogP contribution in [0.1, 0.15) is 16.8 Å². The van der Waals surface area contributed by atoms with Gasteiger partial charge in [0.15, 0.2) is 0 Å². The molecule has 0 saturated carbocycles. The van der Waals surface area contributed by atoms with E-state index in [0.29, 0.717) is 45.3 Å². The number of para-hydroxylation sites is 1. The summed E-state index contributed by atoms with van der Waals surface area (Å²) in [6, 6.07) is 21.3. The van der Waals surface area contributed by atoms with Crippen LogP contribution >= 0.6 is 0 Å². The van der Waals surface area contributed by atoms with Crippen molar-refractivity contribution < 1.29 is 14.2 Å². The maximum absolute atomic E-state index is 12.7. The third-order valence-electron chi connectivity index (χ3n) is 5.28. The Kier molecular flexibility index (Phi) is 7.81. The summed E-state index contributed by atoms with van der Waals surface area (Å²) >= 11 is 0. The number of pyridine rings is 1. The first kappa shape index (κ1) is 22.7. The Labute approximate surface area is 194 Å². The Hall–Kier alpha value is -3.53. The monoisotopic (exact) mass is 444 g/mol. The Morgan fingerprint density at radius 1 is 1.09 bits per heavy atom. The van der Waals surface area contributed by atoms with E-state index in [1.165, 1.54) is 6.07 Å². The van der Waals surface area contributed by atoms with Crippen LogP contribution in [-0.4, -0.2) is 43.6 Å². The predicted molar refractivity (Wildman–Crippen MR) is 129 cm³/mol. The molecular formula is C27H28N2O4. The highest BCUT2D eigenvalue weighted by molar-refractivity contribution is 5.45. The van der Waals surface area contributed by atoms with Crippen LogP contribution in [0.4, 0.5) is 5.69 Å². The zero-order chi connectivity index (χ0) is 22.9. The number of aromatic nitrogens is 1. The molecule has 1 saturated heterocycles.